The molecule has 0 heterocycles. The molecule has 1 aromatic rings. The van der Waals surface area contributed by atoms with E-state index in [2.05, 4.69) is 15.9 Å². The second kappa shape index (κ2) is 6.49. The van der Waals surface area contributed by atoms with Crippen LogP contribution in [0.4, 0.5) is 4.39 Å². The first kappa shape index (κ1) is 18.4. The summed E-state index contributed by atoms with van der Waals surface area (Å²) in [5.74, 6) is -0.517. The molecule has 0 aliphatic heterocycles. The van der Waals surface area contributed by atoms with E-state index in [1.165, 1.54) is 11.0 Å². The third-order valence-corrected chi connectivity index (χ3v) is 5.47. The number of likely N-dealkylation sites (N-methyl/N-ethyl adjacent to an activating group) is 1. The summed E-state index contributed by atoms with van der Waals surface area (Å²) in [6.07, 6.45) is 0.454. The zero-order valence-corrected chi connectivity index (χ0v) is 15.6. The summed E-state index contributed by atoms with van der Waals surface area (Å²) >= 11 is 3.32. The second-order valence-corrected chi connectivity index (χ2v) is 7.65. The Morgan fingerprint density at radius 3 is 2.74 bits per heavy atom. The van der Waals surface area contributed by atoms with Crippen LogP contribution in [0.3, 0.4) is 0 Å². The van der Waals surface area contributed by atoms with Crippen LogP contribution in [-0.2, 0) is 16.1 Å². The van der Waals surface area contributed by atoms with Gasteiger partial charge in [-0.15, -0.1) is 0 Å². The first-order valence-corrected chi connectivity index (χ1v) is 8.52. The number of ether oxygens (including phenoxy) is 1. The standard InChI is InChI=1S/C17H24BrFN2O2/c1-5-23-14-9-17(20,16(14,2)3)15(22)21(4)10-11-8-12(18)6-7-13(11)19/h6-8,14H,5,9-10,20H2,1-4H3. The van der Waals surface area contributed by atoms with Gasteiger partial charge < -0.3 is 15.4 Å². The Balaban J connectivity index is 2.13. The third-order valence-electron chi connectivity index (χ3n) is 4.97. The average Bonchev–Trinajstić information content (AvgIpc) is 2.49. The molecule has 1 aliphatic carbocycles. The van der Waals surface area contributed by atoms with Crippen molar-refractivity contribution < 1.29 is 13.9 Å². The highest BCUT2D eigenvalue weighted by atomic mass is 79.9. The maximum atomic E-state index is 13.9. The Morgan fingerprint density at radius 2 is 2.17 bits per heavy atom. The van der Waals surface area contributed by atoms with Gasteiger partial charge in [0.15, 0.2) is 0 Å². The number of amides is 1. The van der Waals surface area contributed by atoms with Crippen molar-refractivity contribution in [3.8, 4) is 0 Å². The van der Waals surface area contributed by atoms with E-state index in [-0.39, 0.29) is 24.4 Å². The molecule has 1 amide bonds. The number of rotatable bonds is 5. The maximum absolute atomic E-state index is 13.9. The first-order valence-electron chi connectivity index (χ1n) is 7.73. The van der Waals surface area contributed by atoms with Crippen molar-refractivity contribution in [3.05, 3.63) is 34.1 Å². The minimum Gasteiger partial charge on any atom is -0.378 e. The highest BCUT2D eigenvalue weighted by molar-refractivity contribution is 9.10. The Morgan fingerprint density at radius 1 is 1.52 bits per heavy atom. The van der Waals surface area contributed by atoms with Crippen molar-refractivity contribution in [1.82, 2.24) is 4.90 Å². The predicted octanol–water partition coefficient (Wildman–Crippen LogP) is 3.08. The van der Waals surface area contributed by atoms with E-state index < -0.39 is 11.0 Å². The highest BCUT2D eigenvalue weighted by Crippen LogP contribution is 2.50. The zero-order valence-electron chi connectivity index (χ0n) is 14.0. The highest BCUT2D eigenvalue weighted by Gasteiger charge is 2.63. The number of hydrogen-bond acceptors (Lipinski definition) is 3. The summed E-state index contributed by atoms with van der Waals surface area (Å²) in [5, 5.41) is 0. The lowest BCUT2D eigenvalue weighted by molar-refractivity contribution is -0.178. The summed E-state index contributed by atoms with van der Waals surface area (Å²) in [4.78, 5) is 14.3. The van der Waals surface area contributed by atoms with Crippen molar-refractivity contribution >= 4 is 21.8 Å². The Bertz CT molecular complexity index is 608. The second-order valence-electron chi connectivity index (χ2n) is 6.74. The summed E-state index contributed by atoms with van der Waals surface area (Å²) in [6, 6.07) is 4.69. The van der Waals surface area contributed by atoms with Crippen LogP contribution >= 0.6 is 15.9 Å². The van der Waals surface area contributed by atoms with Crippen LogP contribution in [0, 0.1) is 11.2 Å². The van der Waals surface area contributed by atoms with Gasteiger partial charge in [-0.1, -0.05) is 29.8 Å². The normalized spacial score (nSPS) is 25.8. The molecule has 0 bridgehead atoms. The van der Waals surface area contributed by atoms with Crippen LogP contribution < -0.4 is 5.73 Å². The van der Waals surface area contributed by atoms with Crippen LogP contribution in [0.5, 0.6) is 0 Å². The molecule has 0 aromatic heterocycles. The summed E-state index contributed by atoms with van der Waals surface area (Å²) in [6.45, 7) is 6.59. The van der Waals surface area contributed by atoms with Gasteiger partial charge in [-0.25, -0.2) is 4.39 Å². The average molecular weight is 387 g/mol. The van der Waals surface area contributed by atoms with E-state index >= 15 is 0 Å². The van der Waals surface area contributed by atoms with Crippen molar-refractivity contribution in [2.45, 2.75) is 45.4 Å². The van der Waals surface area contributed by atoms with Gasteiger partial charge in [0.25, 0.3) is 0 Å². The minimum absolute atomic E-state index is 0.0301. The molecule has 2 atom stereocenters. The van der Waals surface area contributed by atoms with Gasteiger partial charge in [-0.3, -0.25) is 4.79 Å². The molecule has 1 saturated carbocycles. The largest absolute Gasteiger partial charge is 0.378 e. The fraction of sp³-hybridized carbons (Fsp3) is 0.588. The number of hydrogen-bond donors (Lipinski definition) is 1. The molecule has 1 aliphatic rings. The van der Waals surface area contributed by atoms with E-state index in [4.69, 9.17) is 10.5 Å². The number of carbonyl (C=O) groups is 1. The van der Waals surface area contributed by atoms with Crippen LogP contribution in [0.1, 0.15) is 32.8 Å². The molecule has 1 fully saturated rings. The third kappa shape index (κ3) is 3.16. The lowest BCUT2D eigenvalue weighted by Crippen LogP contribution is -2.75. The molecule has 4 nitrogen and oxygen atoms in total. The maximum Gasteiger partial charge on any atom is 0.243 e. The van der Waals surface area contributed by atoms with Crippen molar-refractivity contribution in [2.75, 3.05) is 13.7 Å². The summed E-state index contributed by atoms with van der Waals surface area (Å²) in [7, 11) is 1.65. The molecule has 2 rings (SSSR count). The molecule has 2 N–H and O–H groups in total. The lowest BCUT2D eigenvalue weighted by atomic mass is 9.54. The Labute approximate surface area is 145 Å². The van der Waals surface area contributed by atoms with Crippen molar-refractivity contribution in [1.29, 1.82) is 0 Å². The predicted molar refractivity (Wildman–Crippen MR) is 91.3 cm³/mol. The summed E-state index contributed by atoms with van der Waals surface area (Å²) in [5.41, 5.74) is 5.41. The van der Waals surface area contributed by atoms with E-state index in [0.29, 0.717) is 18.6 Å². The van der Waals surface area contributed by atoms with Gasteiger partial charge >= 0.3 is 0 Å². The monoisotopic (exact) mass is 386 g/mol. The Hall–Kier alpha value is -0.980. The van der Waals surface area contributed by atoms with Gasteiger partial charge in [-0.2, -0.15) is 0 Å². The van der Waals surface area contributed by atoms with Crippen molar-refractivity contribution in [2.24, 2.45) is 11.1 Å². The van der Waals surface area contributed by atoms with Gasteiger partial charge in [0.2, 0.25) is 5.91 Å². The van der Waals surface area contributed by atoms with Gasteiger partial charge in [0.05, 0.1) is 6.10 Å². The van der Waals surface area contributed by atoms with E-state index in [1.54, 1.807) is 19.2 Å². The molecule has 1 aromatic carbocycles. The van der Waals surface area contributed by atoms with Crippen LogP contribution in [0.2, 0.25) is 0 Å². The number of carbonyl (C=O) groups excluding carboxylic acids is 1. The molecule has 2 unspecified atom stereocenters. The summed E-state index contributed by atoms with van der Waals surface area (Å²) < 4.78 is 20.3. The van der Waals surface area contributed by atoms with E-state index in [9.17, 15) is 9.18 Å². The van der Waals surface area contributed by atoms with E-state index in [1.807, 2.05) is 20.8 Å². The Kier molecular flexibility index (Phi) is 5.18. The number of nitrogens with two attached hydrogens (primary N) is 1. The number of benzene rings is 1. The molecule has 128 valence electrons. The molecular weight excluding hydrogens is 363 g/mol. The molecule has 0 spiro atoms. The molecule has 23 heavy (non-hydrogen) atoms. The lowest BCUT2D eigenvalue weighted by Gasteiger charge is -2.58. The van der Waals surface area contributed by atoms with Gasteiger partial charge in [0.1, 0.15) is 11.4 Å². The van der Waals surface area contributed by atoms with Crippen LogP contribution in [-0.4, -0.2) is 36.1 Å². The fourth-order valence-corrected chi connectivity index (χ4v) is 3.54. The van der Waals surface area contributed by atoms with Crippen molar-refractivity contribution in [3.63, 3.8) is 0 Å². The molecule has 6 heteroatoms. The zero-order chi connectivity index (χ0) is 17.4. The number of halogens is 2. The number of nitrogens with zero attached hydrogens (tertiary/aromatic N) is 1. The van der Waals surface area contributed by atoms with Crippen LogP contribution in [0.15, 0.2) is 22.7 Å². The van der Waals surface area contributed by atoms with Gasteiger partial charge in [-0.05, 0) is 25.1 Å². The van der Waals surface area contributed by atoms with Gasteiger partial charge in [0, 0.05) is 42.1 Å². The van der Waals surface area contributed by atoms with Crippen LogP contribution in [0.25, 0.3) is 0 Å². The smallest absolute Gasteiger partial charge is 0.243 e. The first-order chi connectivity index (χ1) is 10.6. The molecular formula is C17H24BrFN2O2. The minimum atomic E-state index is -0.982. The molecule has 0 radical (unpaired) electrons. The SMILES string of the molecule is CCOC1CC(N)(C(=O)N(C)Cc2cc(Br)ccc2F)C1(C)C. The molecule has 0 saturated heterocycles. The topological polar surface area (TPSA) is 55.6 Å². The fourth-order valence-electron chi connectivity index (χ4n) is 3.13. The quantitative estimate of drug-likeness (QED) is 0.845. The van der Waals surface area contributed by atoms with E-state index in [0.717, 1.165) is 4.47 Å².